The van der Waals surface area contributed by atoms with Crippen LogP contribution in [-0.4, -0.2) is 73.0 Å². The summed E-state index contributed by atoms with van der Waals surface area (Å²) >= 11 is -0.339. The second kappa shape index (κ2) is 40.6. The van der Waals surface area contributed by atoms with Crippen LogP contribution in [0.5, 0.6) is 23.0 Å². The monoisotopic (exact) mass is 901 g/mol. The summed E-state index contributed by atoms with van der Waals surface area (Å²) in [6, 6.07) is 12.4. The zero-order valence-electron chi connectivity index (χ0n) is 24.5. The fraction of sp³-hybridized carbons (Fsp3) is 0. The molecular weight excluding hydrogens is 882 g/mol. The summed E-state index contributed by atoms with van der Waals surface area (Å²) in [6.45, 7) is 14.3. The molecule has 0 spiro atoms. The van der Waals surface area contributed by atoms with E-state index in [1.807, 2.05) is 0 Å². The van der Waals surface area contributed by atoms with Gasteiger partial charge < -0.3 is 38.1 Å². The van der Waals surface area contributed by atoms with Crippen molar-refractivity contribution < 1.29 is 85.6 Å². The molecule has 4 heterocycles. The first kappa shape index (κ1) is 52.3. The van der Waals surface area contributed by atoms with Gasteiger partial charge in [-0.25, -0.2) is 0 Å². The van der Waals surface area contributed by atoms with Gasteiger partial charge in [0, 0.05) is 49.1 Å². The molecule has 0 saturated heterocycles. The fourth-order valence-corrected chi connectivity index (χ4v) is 2.72. The Labute approximate surface area is 315 Å². The van der Waals surface area contributed by atoms with Crippen molar-refractivity contribution in [2.24, 2.45) is 0 Å². The average Bonchev–Trinajstić information content (AvgIpc) is 3.17. The van der Waals surface area contributed by atoms with Crippen LogP contribution in [0.15, 0.2) is 73.3 Å². The third-order valence-corrected chi connectivity index (χ3v) is 4.19. The van der Waals surface area contributed by atoms with Gasteiger partial charge in [0.2, 0.25) is 0 Å². The molecule has 0 aliphatic heterocycles. The Kier molecular flexibility index (Phi) is 42.5. The number of hydrogen-bond acceptors (Lipinski definition) is 16. The molecule has 0 aliphatic rings. The molecule has 269 valence electrons. The molecule has 0 aliphatic carbocycles. The van der Waals surface area contributed by atoms with Crippen LogP contribution in [0.1, 0.15) is 0 Å². The standard InChI is InChI=1S/2C12H8N2O4.4CHO.4ClH.Mn.Ru/c2*15-7-17-9-1-3-13-11(5-9)12-6-10(18-8-16)2-4-14-12;4*1-2;;;;;;/h2*1-8H;4*1H;4*1H;;/q;;4*-1;;;;;+2;+4/p-4. The van der Waals surface area contributed by atoms with Crippen LogP contribution in [0.25, 0.3) is 22.8 Å². The van der Waals surface area contributed by atoms with E-state index >= 15 is 0 Å². The topological polar surface area (TPSA) is 225 Å². The minimum atomic E-state index is -0.346. The molecule has 0 saturated carbocycles. The third-order valence-electron chi connectivity index (χ3n) is 4.19. The van der Waals surface area contributed by atoms with Gasteiger partial charge in [-0.15, -0.1) is 0 Å². The molecule has 0 atom stereocenters. The SMILES string of the molecule is O=COc1ccnc(-c2cc(OC=O)ccn2)c1.O=COc1ccnc(-c2cc(OC=O)ccn2)c1.[CH-]=O.[CH-]=O.[CH-]=O.[CH-]=O.[Cl][Mn][Cl].[Cl][Ru+2][Cl]. The molecule has 0 bridgehead atoms. The van der Waals surface area contributed by atoms with Crippen molar-refractivity contribution in [2.75, 3.05) is 0 Å². The number of nitrogens with zero attached hydrogens (tertiary/aromatic N) is 4. The van der Waals surface area contributed by atoms with Crippen LogP contribution >= 0.6 is 39.6 Å². The van der Waals surface area contributed by atoms with E-state index in [-0.39, 0.29) is 28.3 Å². The van der Waals surface area contributed by atoms with Gasteiger partial charge in [-0.1, -0.05) is 0 Å². The first-order chi connectivity index (χ1) is 24.5. The van der Waals surface area contributed by atoms with Gasteiger partial charge in [0.15, 0.2) is 0 Å². The van der Waals surface area contributed by atoms with Crippen molar-refractivity contribution in [1.82, 2.24) is 19.9 Å². The van der Waals surface area contributed by atoms with Crippen LogP contribution in [0, 0.1) is 0 Å². The molecule has 22 heteroatoms. The Hall–Kier alpha value is -4.54. The van der Waals surface area contributed by atoms with Gasteiger partial charge >= 0.3 is 67.9 Å². The summed E-state index contributed by atoms with van der Waals surface area (Å²) in [5.41, 5.74) is 2.02. The van der Waals surface area contributed by atoms with Gasteiger partial charge in [0.1, 0.15) is 23.0 Å². The molecule has 4 rings (SSSR count). The third kappa shape index (κ3) is 25.5. The molecule has 0 aromatic carbocycles. The van der Waals surface area contributed by atoms with Gasteiger partial charge in [-0.05, 0) is 24.3 Å². The van der Waals surface area contributed by atoms with E-state index in [4.69, 9.17) is 77.7 Å². The van der Waals surface area contributed by atoms with E-state index in [0.29, 0.717) is 71.7 Å². The van der Waals surface area contributed by atoms with E-state index in [1.54, 1.807) is 48.5 Å². The normalized spacial score (nSPS) is 7.92. The van der Waals surface area contributed by atoms with Crippen LogP contribution in [0.4, 0.5) is 0 Å². The Morgan fingerprint density at radius 1 is 0.480 bits per heavy atom. The Bertz CT molecular complexity index is 1280. The van der Waals surface area contributed by atoms with Crippen molar-refractivity contribution in [2.45, 2.75) is 0 Å². The van der Waals surface area contributed by atoms with Crippen molar-refractivity contribution in [3.8, 4) is 45.8 Å². The summed E-state index contributed by atoms with van der Waals surface area (Å²) < 4.78 is 18.8. The molecule has 0 unspecified atom stereocenters. The number of hydrogen-bond donors (Lipinski definition) is 0. The van der Waals surface area contributed by atoms with Crippen LogP contribution in [0.2, 0.25) is 0 Å². The number of rotatable bonds is 10. The molecule has 16 nitrogen and oxygen atoms in total. The second-order valence-corrected chi connectivity index (χ2v) is 11.1. The summed E-state index contributed by atoms with van der Waals surface area (Å²) in [6.07, 6.45) is 5.96. The van der Waals surface area contributed by atoms with Crippen molar-refractivity contribution in [1.29, 1.82) is 0 Å². The Morgan fingerprint density at radius 2 is 0.640 bits per heavy atom. The average molecular weight is 902 g/mol. The first-order valence-electron chi connectivity index (χ1n) is 11.4. The van der Waals surface area contributed by atoms with Gasteiger partial charge in [0.25, 0.3) is 25.9 Å². The number of carbonyl (C=O) groups excluding carboxylic acids is 8. The zero-order valence-corrected chi connectivity index (χ0v) is 30.4. The number of pyridine rings is 4. The molecule has 50 heavy (non-hydrogen) atoms. The van der Waals surface area contributed by atoms with E-state index in [0.717, 1.165) is 0 Å². The maximum absolute atomic E-state index is 10.2. The van der Waals surface area contributed by atoms with E-state index < -0.39 is 0 Å². The number of aromatic nitrogens is 4. The van der Waals surface area contributed by atoms with E-state index in [9.17, 15) is 19.2 Å². The molecule has 0 N–H and O–H groups in total. The van der Waals surface area contributed by atoms with Crippen molar-refractivity contribution in [3.05, 3.63) is 73.3 Å². The number of halogens is 4. The summed E-state index contributed by atoms with van der Waals surface area (Å²) in [7, 11) is 19.3. The molecule has 4 aromatic rings. The van der Waals surface area contributed by atoms with Crippen LogP contribution in [0.3, 0.4) is 0 Å². The predicted octanol–water partition coefficient (Wildman–Crippen LogP) is 4.08. The van der Waals surface area contributed by atoms with Gasteiger partial charge in [-0.2, -0.15) is 0 Å². The van der Waals surface area contributed by atoms with Gasteiger partial charge in [-0.3, -0.25) is 66.3 Å². The summed E-state index contributed by atoms with van der Waals surface area (Å²) in [5.74, 6) is 1.44. The number of carbonyl (C=O) groups is 4. The zero-order chi connectivity index (χ0) is 39.0. The first-order valence-corrected chi connectivity index (χ1v) is 19.1. The molecule has 0 radical (unpaired) electrons. The fourth-order valence-electron chi connectivity index (χ4n) is 2.72. The summed E-state index contributed by atoms with van der Waals surface area (Å²) in [5, 5.41) is 0. The van der Waals surface area contributed by atoms with Crippen molar-refractivity contribution >= 4 is 92.6 Å². The molecule has 0 amide bonds. The second-order valence-electron chi connectivity index (χ2n) is 6.47. The molecule has 4 aromatic heterocycles. The van der Waals surface area contributed by atoms with E-state index in [1.165, 1.54) is 24.8 Å². The maximum atomic E-state index is 10.2. The minimum absolute atomic E-state index is 0.00694. The molecule has 0 fully saturated rings. The van der Waals surface area contributed by atoms with Crippen LogP contribution < -0.4 is 18.9 Å². The van der Waals surface area contributed by atoms with Gasteiger partial charge in [0.05, 0.1) is 22.8 Å². The Morgan fingerprint density at radius 3 is 0.780 bits per heavy atom. The van der Waals surface area contributed by atoms with E-state index in [2.05, 4.69) is 47.1 Å². The number of ether oxygens (including phenoxy) is 4. The van der Waals surface area contributed by atoms with Crippen molar-refractivity contribution in [3.63, 3.8) is 0 Å². The Balaban J connectivity index is -0.000000312. The molecular formula is C28H20Cl4MnN4O12Ru-2. The van der Waals surface area contributed by atoms with Crippen LogP contribution in [-0.2, 0) is 66.6 Å². The summed E-state index contributed by atoms with van der Waals surface area (Å²) in [4.78, 5) is 88.3. The predicted molar refractivity (Wildman–Crippen MR) is 172 cm³/mol. The quantitative estimate of drug-likeness (QED) is 0.124.